The van der Waals surface area contributed by atoms with Crippen molar-refractivity contribution in [1.82, 2.24) is 9.78 Å². The quantitative estimate of drug-likeness (QED) is 0.889. The van der Waals surface area contributed by atoms with Gasteiger partial charge in [-0.1, -0.05) is 25.0 Å². The lowest BCUT2D eigenvalue weighted by molar-refractivity contribution is -0.136. The summed E-state index contributed by atoms with van der Waals surface area (Å²) in [6.07, 6.45) is 6.43. The maximum atomic E-state index is 12.3. The fourth-order valence-corrected chi connectivity index (χ4v) is 2.96. The van der Waals surface area contributed by atoms with E-state index in [9.17, 15) is 9.59 Å². The summed E-state index contributed by atoms with van der Waals surface area (Å²) in [5.41, 5.74) is 1.59. The molecule has 1 fully saturated rings. The minimum atomic E-state index is -0.899. The number of aromatic nitrogens is 2. The van der Waals surface area contributed by atoms with Crippen molar-refractivity contribution >= 4 is 17.6 Å². The predicted octanol–water partition coefficient (Wildman–Crippen LogP) is 2.88. The van der Waals surface area contributed by atoms with E-state index < -0.39 is 5.97 Å². The van der Waals surface area contributed by atoms with Gasteiger partial charge in [-0.3, -0.25) is 14.3 Å². The molecule has 0 atom stereocenters. The number of nitrogens with one attached hydrogen (secondary N) is 1. The van der Waals surface area contributed by atoms with Gasteiger partial charge in [0.2, 0.25) is 0 Å². The molecular formula is C17H19N3O3. The average molecular weight is 313 g/mol. The molecule has 0 aliphatic heterocycles. The van der Waals surface area contributed by atoms with E-state index in [1.165, 1.54) is 12.8 Å². The third-order valence-corrected chi connectivity index (χ3v) is 4.08. The van der Waals surface area contributed by atoms with Crippen molar-refractivity contribution in [3.63, 3.8) is 0 Å². The molecular weight excluding hydrogens is 294 g/mol. The number of amides is 1. The first-order chi connectivity index (χ1) is 11.1. The Kier molecular flexibility index (Phi) is 4.41. The minimum Gasteiger partial charge on any atom is -0.481 e. The Hall–Kier alpha value is -2.63. The molecule has 0 bridgehead atoms. The van der Waals surface area contributed by atoms with Crippen LogP contribution in [0.3, 0.4) is 0 Å². The molecule has 0 spiro atoms. The van der Waals surface area contributed by atoms with Crippen molar-refractivity contribution in [1.29, 1.82) is 0 Å². The minimum absolute atomic E-state index is 0.0694. The van der Waals surface area contributed by atoms with Crippen LogP contribution in [0.1, 0.15) is 47.8 Å². The van der Waals surface area contributed by atoms with Crippen LogP contribution >= 0.6 is 0 Å². The van der Waals surface area contributed by atoms with Crippen molar-refractivity contribution in [3.8, 4) is 0 Å². The van der Waals surface area contributed by atoms with Gasteiger partial charge in [0, 0.05) is 11.9 Å². The molecule has 0 unspecified atom stereocenters. The van der Waals surface area contributed by atoms with Crippen LogP contribution in [0.15, 0.2) is 36.5 Å². The average Bonchev–Trinajstić information content (AvgIpc) is 3.18. The van der Waals surface area contributed by atoms with Crippen molar-refractivity contribution < 1.29 is 14.7 Å². The molecule has 6 nitrogen and oxygen atoms in total. The van der Waals surface area contributed by atoms with E-state index in [0.29, 0.717) is 23.0 Å². The second-order valence-electron chi connectivity index (χ2n) is 5.84. The zero-order valence-corrected chi connectivity index (χ0v) is 12.7. The first kappa shape index (κ1) is 15.3. The van der Waals surface area contributed by atoms with Gasteiger partial charge in [0.1, 0.15) is 0 Å². The Balaban J connectivity index is 1.68. The largest absolute Gasteiger partial charge is 0.481 e. The van der Waals surface area contributed by atoms with E-state index in [0.717, 1.165) is 12.8 Å². The van der Waals surface area contributed by atoms with E-state index in [2.05, 4.69) is 10.4 Å². The Morgan fingerprint density at radius 2 is 2.04 bits per heavy atom. The summed E-state index contributed by atoms with van der Waals surface area (Å²) in [5.74, 6) is -1.18. The second-order valence-corrected chi connectivity index (χ2v) is 5.84. The van der Waals surface area contributed by atoms with Crippen LogP contribution in [0.25, 0.3) is 0 Å². The highest BCUT2D eigenvalue weighted by molar-refractivity contribution is 6.02. The van der Waals surface area contributed by atoms with Crippen LogP contribution in [0.5, 0.6) is 0 Å². The fraction of sp³-hybridized carbons (Fsp3) is 0.353. The molecule has 2 aromatic rings. The molecule has 1 aliphatic rings. The number of carboxylic acids is 1. The van der Waals surface area contributed by atoms with Crippen LogP contribution in [0.4, 0.5) is 5.69 Å². The van der Waals surface area contributed by atoms with Gasteiger partial charge in [-0.25, -0.2) is 0 Å². The number of hydrogen-bond donors (Lipinski definition) is 2. The van der Waals surface area contributed by atoms with Crippen LogP contribution in [0.2, 0.25) is 0 Å². The SMILES string of the molecule is O=C(O)Cc1cccc(NC(=O)c2ccn(C3CCCC3)n2)c1. The Bertz CT molecular complexity index is 717. The van der Waals surface area contributed by atoms with Crippen molar-refractivity contribution in [2.24, 2.45) is 0 Å². The third-order valence-electron chi connectivity index (χ3n) is 4.08. The van der Waals surface area contributed by atoms with E-state index >= 15 is 0 Å². The molecule has 1 amide bonds. The summed E-state index contributed by atoms with van der Waals surface area (Å²) in [6.45, 7) is 0. The van der Waals surface area contributed by atoms with Gasteiger partial charge in [0.25, 0.3) is 5.91 Å². The van der Waals surface area contributed by atoms with Crippen LogP contribution in [0, 0.1) is 0 Å². The molecule has 120 valence electrons. The number of anilines is 1. The number of rotatable bonds is 5. The Labute approximate surface area is 134 Å². The summed E-state index contributed by atoms with van der Waals surface area (Å²) >= 11 is 0. The molecule has 1 heterocycles. The number of hydrogen-bond acceptors (Lipinski definition) is 3. The van der Waals surface area contributed by atoms with Gasteiger partial charge in [-0.2, -0.15) is 5.10 Å². The molecule has 0 radical (unpaired) electrons. The first-order valence-corrected chi connectivity index (χ1v) is 7.79. The van der Waals surface area contributed by atoms with Gasteiger partial charge in [-0.05, 0) is 36.6 Å². The van der Waals surface area contributed by atoms with E-state index in [4.69, 9.17) is 5.11 Å². The highest BCUT2D eigenvalue weighted by Crippen LogP contribution is 2.28. The van der Waals surface area contributed by atoms with Crippen LogP contribution in [-0.4, -0.2) is 26.8 Å². The highest BCUT2D eigenvalue weighted by Gasteiger charge is 2.19. The fourth-order valence-electron chi connectivity index (χ4n) is 2.96. The second kappa shape index (κ2) is 6.64. The normalized spacial score (nSPS) is 14.8. The van der Waals surface area contributed by atoms with Crippen molar-refractivity contribution in [3.05, 3.63) is 47.8 Å². The van der Waals surface area contributed by atoms with Gasteiger partial charge in [0.05, 0.1) is 12.5 Å². The van der Waals surface area contributed by atoms with Gasteiger partial charge < -0.3 is 10.4 Å². The lowest BCUT2D eigenvalue weighted by Crippen LogP contribution is -2.14. The summed E-state index contributed by atoms with van der Waals surface area (Å²) in [5, 5.41) is 16.0. The van der Waals surface area contributed by atoms with Gasteiger partial charge in [-0.15, -0.1) is 0 Å². The Morgan fingerprint density at radius 1 is 1.26 bits per heavy atom. The van der Waals surface area contributed by atoms with Crippen molar-refractivity contribution in [2.45, 2.75) is 38.1 Å². The lowest BCUT2D eigenvalue weighted by atomic mass is 10.1. The number of carbonyl (C=O) groups is 2. The molecule has 3 rings (SSSR count). The smallest absolute Gasteiger partial charge is 0.307 e. The number of benzene rings is 1. The molecule has 0 saturated heterocycles. The van der Waals surface area contributed by atoms with Crippen LogP contribution in [-0.2, 0) is 11.2 Å². The van der Waals surface area contributed by atoms with E-state index in [1.807, 2.05) is 10.9 Å². The topological polar surface area (TPSA) is 84.2 Å². The summed E-state index contributed by atoms with van der Waals surface area (Å²) < 4.78 is 1.88. The van der Waals surface area contributed by atoms with E-state index in [-0.39, 0.29) is 12.3 Å². The zero-order chi connectivity index (χ0) is 16.2. The first-order valence-electron chi connectivity index (χ1n) is 7.79. The van der Waals surface area contributed by atoms with Gasteiger partial charge in [0.15, 0.2) is 5.69 Å². The third kappa shape index (κ3) is 3.77. The van der Waals surface area contributed by atoms with Crippen molar-refractivity contribution in [2.75, 3.05) is 5.32 Å². The number of carbonyl (C=O) groups excluding carboxylic acids is 1. The summed E-state index contributed by atoms with van der Waals surface area (Å²) in [7, 11) is 0. The molecule has 6 heteroatoms. The Morgan fingerprint density at radius 3 is 2.78 bits per heavy atom. The highest BCUT2D eigenvalue weighted by atomic mass is 16.4. The standard InChI is InChI=1S/C17H19N3O3/c21-16(22)11-12-4-3-5-13(10-12)18-17(23)15-8-9-20(19-15)14-6-1-2-7-14/h3-5,8-10,14H,1-2,6-7,11H2,(H,18,23)(H,21,22). The maximum Gasteiger partial charge on any atom is 0.307 e. The monoisotopic (exact) mass is 313 g/mol. The van der Waals surface area contributed by atoms with E-state index in [1.54, 1.807) is 30.3 Å². The summed E-state index contributed by atoms with van der Waals surface area (Å²) in [6, 6.07) is 8.96. The molecule has 1 aliphatic carbocycles. The molecule has 23 heavy (non-hydrogen) atoms. The molecule has 1 aromatic heterocycles. The number of nitrogens with zero attached hydrogens (tertiary/aromatic N) is 2. The number of aliphatic carboxylic acids is 1. The number of carboxylic acid groups (broad SMARTS) is 1. The molecule has 1 saturated carbocycles. The summed E-state index contributed by atoms with van der Waals surface area (Å²) in [4.78, 5) is 23.0. The maximum absolute atomic E-state index is 12.3. The lowest BCUT2D eigenvalue weighted by Gasteiger charge is -2.09. The molecule has 1 aromatic carbocycles. The molecule has 2 N–H and O–H groups in total. The predicted molar refractivity (Wildman–Crippen MR) is 85.5 cm³/mol. The zero-order valence-electron chi connectivity index (χ0n) is 12.7. The van der Waals surface area contributed by atoms with Crippen LogP contribution < -0.4 is 5.32 Å². The van der Waals surface area contributed by atoms with Gasteiger partial charge >= 0.3 is 5.97 Å².